The van der Waals surface area contributed by atoms with Crippen molar-refractivity contribution in [2.75, 3.05) is 0 Å². The van der Waals surface area contributed by atoms with Crippen molar-refractivity contribution in [1.29, 1.82) is 0 Å². The highest BCUT2D eigenvalue weighted by Crippen LogP contribution is 2.15. The normalized spacial score (nSPS) is 10.2. The number of carboxylic acids is 1. The number of carbonyl (C=O) groups excluding carboxylic acids is 1. The summed E-state index contributed by atoms with van der Waals surface area (Å²) in [7, 11) is 1.45. The summed E-state index contributed by atoms with van der Waals surface area (Å²) in [6.45, 7) is 4.28. The molecular weight excluding hydrogens is 210 g/mol. The molecule has 1 N–H and O–H groups in total. The molecule has 0 radical (unpaired) electrons. The number of ketones is 1. The second-order valence-electron chi connectivity index (χ2n) is 3.69. The number of carboxylic acid groups (broad SMARTS) is 1. The van der Waals surface area contributed by atoms with Crippen molar-refractivity contribution in [3.05, 3.63) is 32.7 Å². The lowest BCUT2D eigenvalue weighted by atomic mass is 10.00. The Hall–Kier alpha value is -1.91. The number of carbonyl (C=O) groups is 2. The van der Waals surface area contributed by atoms with Gasteiger partial charge in [0, 0.05) is 12.7 Å². The first-order valence-electron chi connectivity index (χ1n) is 4.73. The summed E-state index contributed by atoms with van der Waals surface area (Å²) in [5, 5.41) is 9.04. The molecule has 0 saturated carbocycles. The van der Waals surface area contributed by atoms with Crippen molar-refractivity contribution in [1.82, 2.24) is 4.57 Å². The summed E-state index contributed by atoms with van der Waals surface area (Å²) in [6.07, 6.45) is 0. The minimum atomic E-state index is -1.13. The summed E-state index contributed by atoms with van der Waals surface area (Å²) >= 11 is 0. The van der Waals surface area contributed by atoms with E-state index in [0.717, 1.165) is 0 Å². The molecule has 0 atom stereocenters. The Kier molecular flexibility index (Phi) is 2.98. The second kappa shape index (κ2) is 3.92. The van der Waals surface area contributed by atoms with Gasteiger partial charge in [0.2, 0.25) is 0 Å². The maximum absolute atomic E-state index is 11.8. The molecular formula is C11H13NO4. The number of aromatic carboxylic acids is 1. The van der Waals surface area contributed by atoms with Crippen molar-refractivity contribution in [3.63, 3.8) is 0 Å². The summed E-state index contributed by atoms with van der Waals surface area (Å²) in [5.41, 5.74) is 0.103. The zero-order valence-electron chi connectivity index (χ0n) is 9.62. The number of hydrogen-bond acceptors (Lipinski definition) is 3. The molecule has 0 bridgehead atoms. The monoisotopic (exact) mass is 223 g/mol. The SMILES string of the molecule is CC(=O)c1c(C)c(C(=O)O)c(C)n(C)c1=O. The van der Waals surface area contributed by atoms with E-state index in [1.165, 1.54) is 25.5 Å². The number of Topliss-reactive ketones (excluding diaryl/α,β-unsaturated/α-hetero) is 1. The molecule has 0 saturated heterocycles. The average Bonchev–Trinajstić information content (AvgIpc) is 2.13. The topological polar surface area (TPSA) is 76.4 Å². The van der Waals surface area contributed by atoms with Crippen LogP contribution in [-0.4, -0.2) is 21.4 Å². The van der Waals surface area contributed by atoms with Gasteiger partial charge in [-0.1, -0.05) is 0 Å². The van der Waals surface area contributed by atoms with Crippen molar-refractivity contribution >= 4 is 11.8 Å². The van der Waals surface area contributed by atoms with Gasteiger partial charge in [-0.2, -0.15) is 0 Å². The predicted molar refractivity (Wildman–Crippen MR) is 58.1 cm³/mol. The van der Waals surface area contributed by atoms with Crippen LogP contribution in [0.5, 0.6) is 0 Å². The molecule has 86 valence electrons. The van der Waals surface area contributed by atoms with Crippen LogP contribution in [0.4, 0.5) is 0 Å². The Morgan fingerprint density at radius 1 is 1.19 bits per heavy atom. The standard InChI is InChI=1S/C11H13NO4/c1-5-8(11(15)16)6(2)12(4)10(14)9(5)7(3)13/h1-4H3,(H,15,16). The van der Waals surface area contributed by atoms with Crippen LogP contribution < -0.4 is 5.56 Å². The van der Waals surface area contributed by atoms with E-state index in [9.17, 15) is 14.4 Å². The number of pyridine rings is 1. The van der Waals surface area contributed by atoms with E-state index in [-0.39, 0.29) is 16.7 Å². The highest BCUT2D eigenvalue weighted by molar-refractivity contribution is 5.99. The molecule has 16 heavy (non-hydrogen) atoms. The van der Waals surface area contributed by atoms with Crippen LogP contribution in [0.25, 0.3) is 0 Å². The Balaban J connectivity index is 3.88. The molecule has 0 aliphatic rings. The smallest absolute Gasteiger partial charge is 0.337 e. The van der Waals surface area contributed by atoms with Gasteiger partial charge in [-0.05, 0) is 26.3 Å². The van der Waals surface area contributed by atoms with Gasteiger partial charge in [-0.15, -0.1) is 0 Å². The summed E-state index contributed by atoms with van der Waals surface area (Å²) in [4.78, 5) is 34.1. The van der Waals surface area contributed by atoms with Crippen molar-refractivity contribution in [2.24, 2.45) is 7.05 Å². The lowest BCUT2D eigenvalue weighted by molar-refractivity contribution is 0.0694. The van der Waals surface area contributed by atoms with Gasteiger partial charge in [0.1, 0.15) is 0 Å². The number of hydrogen-bond donors (Lipinski definition) is 1. The number of nitrogens with zero attached hydrogens (tertiary/aromatic N) is 1. The fourth-order valence-corrected chi connectivity index (χ4v) is 1.77. The molecule has 5 heteroatoms. The highest BCUT2D eigenvalue weighted by Gasteiger charge is 2.21. The summed E-state index contributed by atoms with van der Waals surface area (Å²) in [6, 6.07) is 0. The second-order valence-corrected chi connectivity index (χ2v) is 3.69. The molecule has 1 heterocycles. The van der Waals surface area contributed by atoms with Gasteiger partial charge < -0.3 is 9.67 Å². The lowest BCUT2D eigenvalue weighted by Crippen LogP contribution is -2.29. The van der Waals surface area contributed by atoms with Gasteiger partial charge in [-0.3, -0.25) is 9.59 Å². The third-order valence-electron chi connectivity index (χ3n) is 2.70. The maximum Gasteiger partial charge on any atom is 0.337 e. The lowest BCUT2D eigenvalue weighted by Gasteiger charge is -2.13. The van der Waals surface area contributed by atoms with Crippen LogP contribution in [0.1, 0.15) is 38.9 Å². The maximum atomic E-state index is 11.8. The van der Waals surface area contributed by atoms with Crippen LogP contribution in [0.3, 0.4) is 0 Å². The molecule has 1 aromatic heterocycles. The zero-order chi connectivity index (χ0) is 12.6. The quantitative estimate of drug-likeness (QED) is 0.756. The fraction of sp³-hybridized carbons (Fsp3) is 0.364. The molecule has 0 spiro atoms. The van der Waals surface area contributed by atoms with Gasteiger partial charge in [0.15, 0.2) is 5.78 Å². The van der Waals surface area contributed by atoms with E-state index in [2.05, 4.69) is 0 Å². The predicted octanol–water partition coefficient (Wildman–Crippen LogP) is 0.903. The third kappa shape index (κ3) is 1.64. The molecule has 0 fully saturated rings. The van der Waals surface area contributed by atoms with E-state index in [4.69, 9.17) is 5.11 Å². The van der Waals surface area contributed by atoms with Crippen LogP contribution in [0.15, 0.2) is 4.79 Å². The first kappa shape index (κ1) is 12.2. The summed E-state index contributed by atoms with van der Waals surface area (Å²) in [5.74, 6) is -1.55. The number of rotatable bonds is 2. The van der Waals surface area contributed by atoms with Crippen LogP contribution in [-0.2, 0) is 7.05 Å². The summed E-state index contributed by atoms with van der Waals surface area (Å²) < 4.78 is 1.19. The Morgan fingerprint density at radius 2 is 1.69 bits per heavy atom. The molecule has 5 nitrogen and oxygen atoms in total. The van der Waals surface area contributed by atoms with Gasteiger partial charge in [0.05, 0.1) is 11.1 Å². The molecule has 0 amide bonds. The van der Waals surface area contributed by atoms with Crippen LogP contribution >= 0.6 is 0 Å². The Labute approximate surface area is 92.3 Å². The van der Waals surface area contributed by atoms with E-state index >= 15 is 0 Å². The zero-order valence-corrected chi connectivity index (χ0v) is 9.62. The van der Waals surface area contributed by atoms with Crippen LogP contribution in [0, 0.1) is 13.8 Å². The van der Waals surface area contributed by atoms with E-state index in [1.807, 2.05) is 0 Å². The Morgan fingerprint density at radius 3 is 2.06 bits per heavy atom. The first-order chi connectivity index (χ1) is 7.29. The molecule has 0 aromatic carbocycles. The molecule has 0 aliphatic carbocycles. The van der Waals surface area contributed by atoms with Crippen LogP contribution in [0.2, 0.25) is 0 Å². The van der Waals surface area contributed by atoms with Gasteiger partial charge >= 0.3 is 5.97 Å². The minimum Gasteiger partial charge on any atom is -0.478 e. The fourth-order valence-electron chi connectivity index (χ4n) is 1.77. The first-order valence-corrected chi connectivity index (χ1v) is 4.73. The third-order valence-corrected chi connectivity index (χ3v) is 2.70. The van der Waals surface area contributed by atoms with E-state index in [0.29, 0.717) is 5.69 Å². The molecule has 1 aromatic rings. The average molecular weight is 223 g/mol. The van der Waals surface area contributed by atoms with Crippen molar-refractivity contribution in [2.45, 2.75) is 20.8 Å². The van der Waals surface area contributed by atoms with E-state index in [1.54, 1.807) is 6.92 Å². The Bertz CT molecular complexity index is 540. The molecule has 0 unspecified atom stereocenters. The van der Waals surface area contributed by atoms with Gasteiger partial charge in [0.25, 0.3) is 5.56 Å². The van der Waals surface area contributed by atoms with Crippen molar-refractivity contribution in [3.8, 4) is 0 Å². The van der Waals surface area contributed by atoms with Crippen molar-refractivity contribution < 1.29 is 14.7 Å². The highest BCUT2D eigenvalue weighted by atomic mass is 16.4. The number of aromatic nitrogens is 1. The van der Waals surface area contributed by atoms with Gasteiger partial charge in [-0.25, -0.2) is 4.79 Å². The molecule has 1 rings (SSSR count). The minimum absolute atomic E-state index is 0.0206. The largest absolute Gasteiger partial charge is 0.478 e. The van der Waals surface area contributed by atoms with E-state index < -0.39 is 17.3 Å². The molecule has 0 aliphatic heterocycles.